The average Bonchev–Trinajstić information content (AvgIpc) is 2.87. The van der Waals surface area contributed by atoms with E-state index in [0.29, 0.717) is 5.01 Å². The van der Waals surface area contributed by atoms with Gasteiger partial charge in [-0.15, -0.1) is 23.1 Å². The molecule has 2 rings (SSSR count). The number of amides is 1. The van der Waals surface area contributed by atoms with Crippen molar-refractivity contribution in [2.24, 2.45) is 5.73 Å². The molecule has 18 heavy (non-hydrogen) atoms. The molecule has 0 radical (unpaired) electrons. The van der Waals surface area contributed by atoms with E-state index in [1.54, 1.807) is 18.9 Å². The maximum atomic E-state index is 11.0. The zero-order chi connectivity index (χ0) is 13.1. The summed E-state index contributed by atoms with van der Waals surface area (Å²) in [6.07, 6.45) is 1.99. The van der Waals surface area contributed by atoms with Gasteiger partial charge in [0.15, 0.2) is 5.01 Å². The van der Waals surface area contributed by atoms with Crippen LogP contribution in [0.1, 0.15) is 9.80 Å². The van der Waals surface area contributed by atoms with Crippen LogP contribution in [0.25, 0.3) is 11.3 Å². The number of carbonyl (C=O) groups is 1. The third kappa shape index (κ3) is 2.49. The number of nitrogens with zero attached hydrogens (tertiary/aromatic N) is 1. The predicted molar refractivity (Wildman–Crippen MR) is 74.4 cm³/mol. The number of primary amides is 1. The molecule has 1 amide bonds. The van der Waals surface area contributed by atoms with Crippen LogP contribution in [0.3, 0.4) is 0 Å². The third-order valence-corrected chi connectivity index (χ3v) is 4.03. The number of hydrogen-bond donors (Lipinski definition) is 1. The molecule has 0 saturated carbocycles. The first-order chi connectivity index (χ1) is 8.65. The molecule has 1 aromatic heterocycles. The van der Waals surface area contributed by atoms with E-state index in [9.17, 15) is 4.79 Å². The van der Waals surface area contributed by atoms with Gasteiger partial charge in [-0.2, -0.15) is 0 Å². The molecule has 4 nitrogen and oxygen atoms in total. The molecule has 0 aliphatic heterocycles. The van der Waals surface area contributed by atoms with E-state index in [-0.39, 0.29) is 0 Å². The van der Waals surface area contributed by atoms with E-state index >= 15 is 0 Å². The molecular formula is C12H12N2O2S2. The number of aromatic nitrogens is 1. The van der Waals surface area contributed by atoms with Crippen LogP contribution in [0.2, 0.25) is 0 Å². The van der Waals surface area contributed by atoms with Crippen molar-refractivity contribution in [3.63, 3.8) is 0 Å². The fourth-order valence-corrected chi connectivity index (χ4v) is 2.74. The highest BCUT2D eigenvalue weighted by molar-refractivity contribution is 7.98. The van der Waals surface area contributed by atoms with Crippen molar-refractivity contribution < 1.29 is 9.53 Å². The van der Waals surface area contributed by atoms with E-state index in [0.717, 1.165) is 21.9 Å². The van der Waals surface area contributed by atoms with Gasteiger partial charge in [-0.3, -0.25) is 4.79 Å². The van der Waals surface area contributed by atoms with Gasteiger partial charge >= 0.3 is 0 Å². The minimum Gasteiger partial charge on any atom is -0.496 e. The van der Waals surface area contributed by atoms with Gasteiger partial charge < -0.3 is 10.5 Å². The first-order valence-electron chi connectivity index (χ1n) is 5.13. The molecule has 94 valence electrons. The quantitative estimate of drug-likeness (QED) is 0.874. The van der Waals surface area contributed by atoms with Crippen LogP contribution in [-0.4, -0.2) is 24.3 Å². The van der Waals surface area contributed by atoms with Crippen LogP contribution in [0.15, 0.2) is 28.5 Å². The third-order valence-electron chi connectivity index (χ3n) is 2.39. The lowest BCUT2D eigenvalue weighted by Gasteiger charge is -2.07. The normalized spacial score (nSPS) is 10.3. The van der Waals surface area contributed by atoms with Crippen molar-refractivity contribution in [2.45, 2.75) is 4.90 Å². The van der Waals surface area contributed by atoms with Crippen LogP contribution < -0.4 is 10.5 Å². The number of methoxy groups -OCH3 is 1. The molecule has 2 N–H and O–H groups in total. The summed E-state index contributed by atoms with van der Waals surface area (Å²) in [6.45, 7) is 0. The van der Waals surface area contributed by atoms with Crippen molar-refractivity contribution in [3.05, 3.63) is 28.6 Å². The number of benzene rings is 1. The Morgan fingerprint density at radius 1 is 1.50 bits per heavy atom. The van der Waals surface area contributed by atoms with Crippen LogP contribution in [0.5, 0.6) is 5.75 Å². The Bertz CT molecular complexity index is 581. The smallest absolute Gasteiger partial charge is 0.277 e. The van der Waals surface area contributed by atoms with Gasteiger partial charge in [0, 0.05) is 15.8 Å². The second-order valence-electron chi connectivity index (χ2n) is 3.47. The highest BCUT2D eigenvalue weighted by Crippen LogP contribution is 2.32. The zero-order valence-corrected chi connectivity index (χ0v) is 11.6. The van der Waals surface area contributed by atoms with E-state index in [2.05, 4.69) is 4.98 Å². The summed E-state index contributed by atoms with van der Waals surface area (Å²) >= 11 is 2.86. The average molecular weight is 280 g/mol. The molecule has 0 bridgehead atoms. The summed E-state index contributed by atoms with van der Waals surface area (Å²) < 4.78 is 5.32. The Morgan fingerprint density at radius 2 is 2.28 bits per heavy atom. The van der Waals surface area contributed by atoms with Gasteiger partial charge in [-0.05, 0) is 18.4 Å². The monoisotopic (exact) mass is 280 g/mol. The van der Waals surface area contributed by atoms with Gasteiger partial charge in [-0.25, -0.2) is 4.98 Å². The first kappa shape index (κ1) is 12.9. The van der Waals surface area contributed by atoms with Crippen LogP contribution in [0, 0.1) is 0 Å². The molecule has 0 aliphatic rings. The topological polar surface area (TPSA) is 65.2 Å². The Balaban J connectivity index is 2.41. The fraction of sp³-hybridized carbons (Fsp3) is 0.167. The predicted octanol–water partition coefficient (Wildman–Crippen LogP) is 2.64. The van der Waals surface area contributed by atoms with E-state index in [1.807, 2.05) is 29.8 Å². The number of thioether (sulfide) groups is 1. The number of thiazole rings is 1. The summed E-state index contributed by atoms with van der Waals surface area (Å²) in [7, 11) is 1.63. The Kier molecular flexibility index (Phi) is 3.88. The summed E-state index contributed by atoms with van der Waals surface area (Å²) in [5.41, 5.74) is 6.83. The number of carbonyl (C=O) groups excluding carboxylic acids is 1. The van der Waals surface area contributed by atoms with Crippen molar-refractivity contribution in [1.29, 1.82) is 0 Å². The molecule has 1 aromatic carbocycles. The summed E-state index contributed by atoms with van der Waals surface area (Å²) in [6, 6.07) is 5.84. The fourth-order valence-electron chi connectivity index (χ4n) is 1.52. The molecule has 6 heteroatoms. The lowest BCUT2D eigenvalue weighted by Crippen LogP contribution is -2.10. The van der Waals surface area contributed by atoms with Crippen LogP contribution >= 0.6 is 23.1 Å². The standard InChI is InChI=1S/C12H12N2O2S2/c1-16-9-5-7(3-4-10(9)17-2)8-6-18-12(14-8)11(13)15/h3-6H,1-2H3,(H2,13,15). The maximum Gasteiger partial charge on any atom is 0.277 e. The number of rotatable bonds is 4. The molecule has 1 heterocycles. The summed E-state index contributed by atoms with van der Waals surface area (Å²) in [5.74, 6) is 0.299. The lowest BCUT2D eigenvalue weighted by molar-refractivity contribution is 0.1000. The van der Waals surface area contributed by atoms with Gasteiger partial charge in [0.2, 0.25) is 0 Å². The van der Waals surface area contributed by atoms with Crippen molar-refractivity contribution in [1.82, 2.24) is 4.98 Å². The highest BCUT2D eigenvalue weighted by atomic mass is 32.2. The van der Waals surface area contributed by atoms with Crippen LogP contribution in [0.4, 0.5) is 0 Å². The maximum absolute atomic E-state index is 11.0. The highest BCUT2D eigenvalue weighted by Gasteiger charge is 2.10. The Hall–Kier alpha value is -1.53. The van der Waals surface area contributed by atoms with Crippen molar-refractivity contribution in [2.75, 3.05) is 13.4 Å². The first-order valence-corrected chi connectivity index (χ1v) is 7.24. The largest absolute Gasteiger partial charge is 0.496 e. The summed E-state index contributed by atoms with van der Waals surface area (Å²) in [5, 5.41) is 2.13. The van der Waals surface area contributed by atoms with Crippen molar-refractivity contribution >= 4 is 29.0 Å². The molecule has 0 aliphatic carbocycles. The summed E-state index contributed by atoms with van der Waals surface area (Å²) in [4.78, 5) is 16.3. The van der Waals surface area contributed by atoms with Gasteiger partial charge in [-0.1, -0.05) is 6.07 Å². The SMILES string of the molecule is COc1cc(-c2csc(C(N)=O)n2)ccc1SC. The van der Waals surface area contributed by atoms with E-state index in [1.165, 1.54) is 11.3 Å². The number of nitrogens with two attached hydrogens (primary N) is 1. The molecule has 0 saturated heterocycles. The molecule has 0 fully saturated rings. The van der Waals surface area contributed by atoms with Gasteiger partial charge in [0.25, 0.3) is 5.91 Å². The molecule has 0 atom stereocenters. The molecule has 0 spiro atoms. The lowest BCUT2D eigenvalue weighted by atomic mass is 10.1. The molecular weight excluding hydrogens is 268 g/mol. The van der Waals surface area contributed by atoms with Crippen LogP contribution in [-0.2, 0) is 0 Å². The van der Waals surface area contributed by atoms with E-state index in [4.69, 9.17) is 10.5 Å². The van der Waals surface area contributed by atoms with Gasteiger partial charge in [0.1, 0.15) is 5.75 Å². The molecule has 2 aromatic rings. The van der Waals surface area contributed by atoms with Crippen molar-refractivity contribution in [3.8, 4) is 17.0 Å². The minimum absolute atomic E-state index is 0.318. The molecule has 0 unspecified atom stereocenters. The second kappa shape index (κ2) is 5.41. The van der Waals surface area contributed by atoms with Gasteiger partial charge in [0.05, 0.1) is 12.8 Å². The second-order valence-corrected chi connectivity index (χ2v) is 5.18. The Labute approximate surface area is 113 Å². The number of hydrogen-bond acceptors (Lipinski definition) is 5. The zero-order valence-electron chi connectivity index (χ0n) is 9.97. The number of ether oxygens (including phenoxy) is 1. The van der Waals surface area contributed by atoms with E-state index < -0.39 is 5.91 Å². The Morgan fingerprint density at radius 3 is 2.83 bits per heavy atom. The minimum atomic E-state index is -0.501.